The van der Waals surface area contributed by atoms with Crippen molar-refractivity contribution in [2.45, 2.75) is 19.9 Å². The first-order valence-corrected chi connectivity index (χ1v) is 8.80. The monoisotopic (exact) mass is 314 g/mol. The van der Waals surface area contributed by atoms with E-state index in [2.05, 4.69) is 65.9 Å². The van der Waals surface area contributed by atoms with Crippen LogP contribution >= 0.6 is 22.7 Å². The molecular formula is C17H18N2S2. The van der Waals surface area contributed by atoms with Crippen LogP contribution in [0.1, 0.15) is 24.8 Å². The molecule has 1 unspecified atom stereocenters. The van der Waals surface area contributed by atoms with Crippen molar-refractivity contribution in [3.05, 3.63) is 58.2 Å². The number of rotatable bonds is 5. The number of aromatic nitrogens is 1. The first kappa shape index (κ1) is 14.3. The van der Waals surface area contributed by atoms with Crippen LogP contribution in [0.25, 0.3) is 10.6 Å². The molecular weight excluding hydrogens is 296 g/mol. The molecule has 0 aliphatic rings. The van der Waals surface area contributed by atoms with Crippen molar-refractivity contribution >= 4 is 28.4 Å². The Hall–Kier alpha value is -1.65. The third-order valence-electron chi connectivity index (χ3n) is 3.40. The molecule has 0 fully saturated rings. The summed E-state index contributed by atoms with van der Waals surface area (Å²) in [7, 11) is 0. The molecule has 2 aromatic heterocycles. The minimum absolute atomic E-state index is 0.357. The smallest absolute Gasteiger partial charge is 0.123 e. The van der Waals surface area contributed by atoms with Crippen LogP contribution < -0.4 is 5.32 Å². The topological polar surface area (TPSA) is 24.9 Å². The van der Waals surface area contributed by atoms with Crippen LogP contribution in [0.5, 0.6) is 0 Å². The molecule has 3 rings (SSSR count). The Morgan fingerprint density at radius 2 is 1.81 bits per heavy atom. The van der Waals surface area contributed by atoms with Gasteiger partial charge in [-0.05, 0) is 41.6 Å². The summed E-state index contributed by atoms with van der Waals surface area (Å²) in [5, 5.41) is 8.86. The molecule has 108 valence electrons. The summed E-state index contributed by atoms with van der Waals surface area (Å²) in [6, 6.07) is 13.2. The van der Waals surface area contributed by atoms with Gasteiger partial charge in [0.1, 0.15) is 5.01 Å². The van der Waals surface area contributed by atoms with Gasteiger partial charge in [-0.3, -0.25) is 0 Å². The van der Waals surface area contributed by atoms with E-state index in [9.17, 15) is 0 Å². The number of hydrogen-bond acceptors (Lipinski definition) is 4. The molecule has 2 heterocycles. The molecule has 0 saturated heterocycles. The lowest BCUT2D eigenvalue weighted by molar-refractivity contribution is 0.554. The van der Waals surface area contributed by atoms with Crippen molar-refractivity contribution in [3.8, 4) is 10.6 Å². The summed E-state index contributed by atoms with van der Waals surface area (Å²) in [4.78, 5) is 5.73. The molecule has 1 N–H and O–H groups in total. The number of anilines is 1. The largest absolute Gasteiger partial charge is 0.377 e. The van der Waals surface area contributed by atoms with Gasteiger partial charge in [0.2, 0.25) is 0 Å². The van der Waals surface area contributed by atoms with Crippen LogP contribution in [-0.2, 0) is 0 Å². The Balaban J connectivity index is 1.78. The number of hydrogen-bond donors (Lipinski definition) is 1. The van der Waals surface area contributed by atoms with Crippen molar-refractivity contribution < 1.29 is 0 Å². The zero-order chi connectivity index (χ0) is 14.7. The lowest BCUT2D eigenvalue weighted by Crippen LogP contribution is -2.15. The van der Waals surface area contributed by atoms with Crippen molar-refractivity contribution in [2.75, 3.05) is 5.32 Å². The fraction of sp³-hybridized carbons (Fsp3) is 0.235. The number of benzene rings is 1. The van der Waals surface area contributed by atoms with E-state index in [1.54, 1.807) is 11.3 Å². The molecule has 2 nitrogen and oxygen atoms in total. The van der Waals surface area contributed by atoms with Gasteiger partial charge in [-0.2, -0.15) is 0 Å². The maximum absolute atomic E-state index is 4.35. The van der Waals surface area contributed by atoms with E-state index in [1.807, 2.05) is 22.9 Å². The quantitative estimate of drug-likeness (QED) is 0.655. The molecule has 3 aromatic rings. The second kappa shape index (κ2) is 6.41. The Morgan fingerprint density at radius 3 is 2.38 bits per heavy atom. The third-order valence-corrected chi connectivity index (χ3v) is 5.18. The summed E-state index contributed by atoms with van der Waals surface area (Å²) in [5.74, 6) is 0.544. The average molecular weight is 314 g/mol. The van der Waals surface area contributed by atoms with Gasteiger partial charge in [-0.1, -0.05) is 19.9 Å². The first-order valence-electron chi connectivity index (χ1n) is 7.04. The van der Waals surface area contributed by atoms with Crippen LogP contribution in [-0.4, -0.2) is 4.98 Å². The maximum Gasteiger partial charge on any atom is 0.123 e. The van der Waals surface area contributed by atoms with Gasteiger partial charge in [0.25, 0.3) is 0 Å². The van der Waals surface area contributed by atoms with Gasteiger partial charge in [-0.15, -0.1) is 22.7 Å². The molecule has 1 atom stereocenters. The molecule has 0 saturated carbocycles. The van der Waals surface area contributed by atoms with Gasteiger partial charge in [0.15, 0.2) is 0 Å². The van der Waals surface area contributed by atoms with Crippen LogP contribution in [0, 0.1) is 5.92 Å². The fourth-order valence-electron chi connectivity index (χ4n) is 2.29. The molecule has 0 amide bonds. The number of nitrogens with zero attached hydrogens (tertiary/aromatic N) is 1. The number of thiophene rings is 1. The Morgan fingerprint density at radius 1 is 1.00 bits per heavy atom. The zero-order valence-electron chi connectivity index (χ0n) is 12.1. The molecule has 0 aliphatic carbocycles. The lowest BCUT2D eigenvalue weighted by atomic mass is 10.0. The maximum atomic E-state index is 4.35. The van der Waals surface area contributed by atoms with E-state index < -0.39 is 0 Å². The molecule has 0 aliphatic heterocycles. The molecule has 21 heavy (non-hydrogen) atoms. The minimum Gasteiger partial charge on any atom is -0.377 e. The number of thiazole rings is 1. The second-order valence-corrected chi connectivity index (χ2v) is 7.17. The van der Waals surface area contributed by atoms with Crippen LogP contribution in [0.4, 0.5) is 5.69 Å². The Bertz CT molecular complexity index is 655. The zero-order valence-corrected chi connectivity index (χ0v) is 13.7. The van der Waals surface area contributed by atoms with Gasteiger partial charge >= 0.3 is 0 Å². The molecule has 0 radical (unpaired) electrons. The standard InChI is InChI=1S/C17H18N2S2/c1-12(2)16(15-4-3-10-20-15)19-14-7-5-13(6-8-14)17-18-9-11-21-17/h3-12,16,19H,1-2H3. The highest BCUT2D eigenvalue weighted by molar-refractivity contribution is 7.13. The minimum atomic E-state index is 0.357. The molecule has 0 bridgehead atoms. The Kier molecular flexibility index (Phi) is 4.36. The fourth-order valence-corrected chi connectivity index (χ4v) is 3.88. The lowest BCUT2D eigenvalue weighted by Gasteiger charge is -2.22. The van der Waals surface area contributed by atoms with E-state index in [-0.39, 0.29) is 0 Å². The molecule has 4 heteroatoms. The SMILES string of the molecule is CC(C)C(Nc1ccc(-c2nccs2)cc1)c1cccs1. The summed E-state index contributed by atoms with van der Waals surface area (Å²) in [5.41, 5.74) is 2.33. The highest BCUT2D eigenvalue weighted by Gasteiger charge is 2.16. The average Bonchev–Trinajstić information content (AvgIpc) is 3.18. The predicted octanol–water partition coefficient (Wildman–Crippen LogP) is 5.68. The van der Waals surface area contributed by atoms with Gasteiger partial charge in [0, 0.05) is 27.7 Å². The third kappa shape index (κ3) is 3.34. The van der Waals surface area contributed by atoms with E-state index >= 15 is 0 Å². The summed E-state index contributed by atoms with van der Waals surface area (Å²) >= 11 is 3.48. The second-order valence-electron chi connectivity index (χ2n) is 5.30. The van der Waals surface area contributed by atoms with E-state index in [0.29, 0.717) is 12.0 Å². The summed E-state index contributed by atoms with van der Waals surface area (Å²) in [6.07, 6.45) is 1.84. The van der Waals surface area contributed by atoms with Crippen molar-refractivity contribution in [1.82, 2.24) is 4.98 Å². The Labute approximate surface area is 133 Å². The number of nitrogens with one attached hydrogen (secondary N) is 1. The van der Waals surface area contributed by atoms with Crippen LogP contribution in [0.2, 0.25) is 0 Å². The van der Waals surface area contributed by atoms with Gasteiger partial charge in [0.05, 0.1) is 6.04 Å². The first-order chi connectivity index (χ1) is 10.2. The van der Waals surface area contributed by atoms with Crippen LogP contribution in [0.3, 0.4) is 0 Å². The highest BCUT2D eigenvalue weighted by atomic mass is 32.1. The highest BCUT2D eigenvalue weighted by Crippen LogP contribution is 2.30. The summed E-state index contributed by atoms with van der Waals surface area (Å²) in [6.45, 7) is 4.50. The van der Waals surface area contributed by atoms with Crippen molar-refractivity contribution in [3.63, 3.8) is 0 Å². The van der Waals surface area contributed by atoms with Gasteiger partial charge in [-0.25, -0.2) is 4.98 Å². The molecule has 1 aromatic carbocycles. The van der Waals surface area contributed by atoms with E-state index in [1.165, 1.54) is 10.4 Å². The normalized spacial score (nSPS) is 12.5. The van der Waals surface area contributed by atoms with E-state index in [0.717, 1.165) is 10.7 Å². The van der Waals surface area contributed by atoms with Gasteiger partial charge < -0.3 is 5.32 Å². The van der Waals surface area contributed by atoms with Crippen molar-refractivity contribution in [1.29, 1.82) is 0 Å². The molecule has 0 spiro atoms. The summed E-state index contributed by atoms with van der Waals surface area (Å²) < 4.78 is 0. The van der Waals surface area contributed by atoms with Crippen LogP contribution in [0.15, 0.2) is 53.4 Å². The van der Waals surface area contributed by atoms with E-state index in [4.69, 9.17) is 0 Å². The predicted molar refractivity (Wildman–Crippen MR) is 93.1 cm³/mol. The van der Waals surface area contributed by atoms with Crippen molar-refractivity contribution in [2.24, 2.45) is 5.92 Å².